The van der Waals surface area contributed by atoms with Gasteiger partial charge in [-0.25, -0.2) is 22.8 Å². The van der Waals surface area contributed by atoms with E-state index in [1.54, 1.807) is 0 Å². The molecule has 20 heavy (non-hydrogen) atoms. The third-order valence-corrected chi connectivity index (χ3v) is 4.37. The van der Waals surface area contributed by atoms with E-state index in [4.69, 9.17) is 34.8 Å². The summed E-state index contributed by atoms with van der Waals surface area (Å²) in [4.78, 5) is 6.57. The van der Waals surface area contributed by atoms with Gasteiger partial charge in [0.1, 0.15) is 22.7 Å². The van der Waals surface area contributed by atoms with Crippen molar-refractivity contribution in [2.45, 2.75) is 4.90 Å². The van der Waals surface area contributed by atoms with Crippen LogP contribution in [0.1, 0.15) is 0 Å². The van der Waals surface area contributed by atoms with Gasteiger partial charge in [0.2, 0.25) is 0 Å². The van der Waals surface area contributed by atoms with Crippen LogP contribution in [0.4, 0.5) is 10.1 Å². The highest BCUT2D eigenvalue weighted by Crippen LogP contribution is 2.29. The molecule has 0 atom stereocenters. The first-order valence-electron chi connectivity index (χ1n) is 4.95. The van der Waals surface area contributed by atoms with Gasteiger partial charge in [-0.1, -0.05) is 34.8 Å². The van der Waals surface area contributed by atoms with Crippen LogP contribution < -0.4 is 4.72 Å². The maximum atomic E-state index is 13.6. The van der Waals surface area contributed by atoms with Crippen LogP contribution in [0.15, 0.2) is 29.4 Å². The minimum absolute atomic E-state index is 0.0700. The predicted octanol–water partition coefficient (Wildman–Crippen LogP) is 3.38. The number of halogens is 4. The number of aromatic nitrogens is 2. The van der Waals surface area contributed by atoms with Gasteiger partial charge in [0.15, 0.2) is 10.3 Å². The average molecular weight is 357 g/mol. The highest BCUT2D eigenvalue weighted by atomic mass is 35.5. The van der Waals surface area contributed by atoms with Gasteiger partial charge >= 0.3 is 0 Å². The standard InChI is InChI=1S/C10H5Cl3FN3O2S/c11-5-1-2-7(6(14)3-5)20(18,19)17-8-9(12)15-4-16-10(8)13/h1-4,17H. The lowest BCUT2D eigenvalue weighted by molar-refractivity contribution is 0.570. The number of anilines is 1. The fraction of sp³-hybridized carbons (Fsp3) is 0. The molecular formula is C10H5Cl3FN3O2S. The summed E-state index contributed by atoms with van der Waals surface area (Å²) in [6.07, 6.45) is 1.06. The number of nitrogens with one attached hydrogen (secondary N) is 1. The van der Waals surface area contributed by atoms with Gasteiger partial charge in [-0.3, -0.25) is 4.72 Å². The third kappa shape index (κ3) is 3.12. The van der Waals surface area contributed by atoms with Gasteiger partial charge in [0, 0.05) is 5.02 Å². The number of sulfonamides is 1. The molecule has 0 saturated heterocycles. The number of nitrogens with zero attached hydrogens (tertiary/aromatic N) is 2. The Labute approximate surface area is 128 Å². The van der Waals surface area contributed by atoms with E-state index in [9.17, 15) is 12.8 Å². The number of benzene rings is 1. The monoisotopic (exact) mass is 355 g/mol. The number of hydrogen-bond acceptors (Lipinski definition) is 4. The van der Waals surface area contributed by atoms with E-state index in [-0.39, 0.29) is 21.0 Å². The molecule has 0 aliphatic heterocycles. The minimum Gasteiger partial charge on any atom is -0.273 e. The molecule has 0 aliphatic rings. The maximum Gasteiger partial charge on any atom is 0.265 e. The molecule has 1 aromatic carbocycles. The van der Waals surface area contributed by atoms with Crippen LogP contribution in [0.5, 0.6) is 0 Å². The van der Waals surface area contributed by atoms with Crippen molar-refractivity contribution in [2.24, 2.45) is 0 Å². The molecule has 0 fully saturated rings. The summed E-state index contributed by atoms with van der Waals surface area (Å²) in [6, 6.07) is 3.14. The molecule has 1 aromatic heterocycles. The molecule has 2 aromatic rings. The highest BCUT2D eigenvalue weighted by molar-refractivity contribution is 7.92. The minimum atomic E-state index is -4.24. The lowest BCUT2D eigenvalue weighted by Gasteiger charge is -2.10. The first-order chi connectivity index (χ1) is 9.31. The summed E-state index contributed by atoms with van der Waals surface area (Å²) < 4.78 is 39.8. The van der Waals surface area contributed by atoms with Gasteiger partial charge in [-0.2, -0.15) is 0 Å². The lowest BCUT2D eigenvalue weighted by atomic mass is 10.3. The van der Waals surface area contributed by atoms with Gasteiger partial charge < -0.3 is 0 Å². The molecule has 0 aliphatic carbocycles. The Kier molecular flexibility index (Phi) is 4.33. The Bertz CT molecular complexity index is 750. The Hall–Kier alpha value is -1.15. The summed E-state index contributed by atoms with van der Waals surface area (Å²) in [5, 5.41) is -0.341. The maximum absolute atomic E-state index is 13.6. The van der Waals surface area contributed by atoms with Crippen LogP contribution in [-0.4, -0.2) is 18.4 Å². The summed E-state index contributed by atoms with van der Waals surface area (Å²) in [5.74, 6) is -1.01. The van der Waals surface area contributed by atoms with Crippen molar-refractivity contribution in [3.8, 4) is 0 Å². The SMILES string of the molecule is O=S(=O)(Nc1c(Cl)ncnc1Cl)c1ccc(Cl)cc1F. The molecule has 1 N–H and O–H groups in total. The van der Waals surface area contributed by atoms with E-state index in [0.717, 1.165) is 18.5 Å². The zero-order valence-corrected chi connectivity index (χ0v) is 12.5. The average Bonchev–Trinajstić information content (AvgIpc) is 2.33. The van der Waals surface area contributed by atoms with E-state index >= 15 is 0 Å². The van der Waals surface area contributed by atoms with Crippen LogP contribution in [0, 0.1) is 5.82 Å². The van der Waals surface area contributed by atoms with Crippen molar-refractivity contribution in [3.63, 3.8) is 0 Å². The first-order valence-corrected chi connectivity index (χ1v) is 7.57. The van der Waals surface area contributed by atoms with Gasteiger partial charge in [-0.05, 0) is 18.2 Å². The van der Waals surface area contributed by atoms with Crippen molar-refractivity contribution < 1.29 is 12.8 Å². The summed E-state index contributed by atoms with van der Waals surface area (Å²) in [6.45, 7) is 0. The van der Waals surface area contributed by atoms with Crippen molar-refractivity contribution in [1.82, 2.24) is 9.97 Å². The molecule has 0 spiro atoms. The molecular weight excluding hydrogens is 352 g/mol. The van der Waals surface area contributed by atoms with Crippen LogP contribution >= 0.6 is 34.8 Å². The fourth-order valence-electron chi connectivity index (χ4n) is 1.31. The molecule has 5 nitrogen and oxygen atoms in total. The van der Waals surface area contributed by atoms with Crippen molar-refractivity contribution in [2.75, 3.05) is 4.72 Å². The Morgan fingerprint density at radius 2 is 1.70 bits per heavy atom. The smallest absolute Gasteiger partial charge is 0.265 e. The molecule has 0 radical (unpaired) electrons. The summed E-state index contributed by atoms with van der Waals surface area (Å²) in [5.41, 5.74) is -0.231. The second-order valence-electron chi connectivity index (χ2n) is 3.51. The fourth-order valence-corrected chi connectivity index (χ4v) is 3.13. The van der Waals surface area contributed by atoms with Crippen molar-refractivity contribution >= 4 is 50.5 Å². The Balaban J connectivity index is 2.46. The zero-order chi connectivity index (χ0) is 14.9. The van der Waals surface area contributed by atoms with Gasteiger partial charge in [0.05, 0.1) is 0 Å². The lowest BCUT2D eigenvalue weighted by Crippen LogP contribution is -2.15. The largest absolute Gasteiger partial charge is 0.273 e. The molecule has 0 bridgehead atoms. The Morgan fingerprint density at radius 1 is 1.10 bits per heavy atom. The van der Waals surface area contributed by atoms with Crippen LogP contribution in [0.2, 0.25) is 15.3 Å². The predicted molar refractivity (Wildman–Crippen MR) is 74.3 cm³/mol. The van der Waals surface area contributed by atoms with E-state index in [1.165, 1.54) is 6.07 Å². The van der Waals surface area contributed by atoms with E-state index in [1.807, 2.05) is 4.72 Å². The molecule has 2 rings (SSSR count). The van der Waals surface area contributed by atoms with Crippen LogP contribution in [0.25, 0.3) is 0 Å². The molecule has 0 saturated carbocycles. The quantitative estimate of drug-likeness (QED) is 0.856. The first kappa shape index (κ1) is 15.2. The normalized spacial score (nSPS) is 11.4. The second kappa shape index (κ2) is 5.69. The van der Waals surface area contributed by atoms with Crippen molar-refractivity contribution in [1.29, 1.82) is 0 Å². The van der Waals surface area contributed by atoms with Gasteiger partial charge in [-0.15, -0.1) is 0 Å². The molecule has 1 heterocycles. The summed E-state index contributed by atoms with van der Waals surface area (Å²) >= 11 is 17.0. The molecule has 106 valence electrons. The van der Waals surface area contributed by atoms with Crippen LogP contribution in [0.3, 0.4) is 0 Å². The number of hydrogen-bond donors (Lipinski definition) is 1. The molecule has 0 unspecified atom stereocenters. The Morgan fingerprint density at radius 3 is 2.25 bits per heavy atom. The topological polar surface area (TPSA) is 72.0 Å². The third-order valence-electron chi connectivity index (χ3n) is 2.17. The highest BCUT2D eigenvalue weighted by Gasteiger charge is 2.22. The van der Waals surface area contributed by atoms with E-state index < -0.39 is 20.7 Å². The zero-order valence-electron chi connectivity index (χ0n) is 9.44. The number of rotatable bonds is 3. The van der Waals surface area contributed by atoms with Gasteiger partial charge in [0.25, 0.3) is 10.0 Å². The van der Waals surface area contributed by atoms with E-state index in [2.05, 4.69) is 9.97 Å². The van der Waals surface area contributed by atoms with Crippen molar-refractivity contribution in [3.05, 3.63) is 45.7 Å². The van der Waals surface area contributed by atoms with Crippen LogP contribution in [-0.2, 0) is 10.0 Å². The van der Waals surface area contributed by atoms with E-state index in [0.29, 0.717) is 0 Å². The molecule has 0 amide bonds. The second-order valence-corrected chi connectivity index (χ2v) is 6.31. The molecule has 10 heteroatoms. The summed E-state index contributed by atoms with van der Waals surface area (Å²) in [7, 11) is -4.24.